The number of aromatic nitrogens is 2. The van der Waals surface area contributed by atoms with Crippen LogP contribution in [0, 0.1) is 0 Å². The van der Waals surface area contributed by atoms with Crippen molar-refractivity contribution in [2.45, 2.75) is 0 Å². The number of fused-ring (bicyclic) bond motifs is 2. The Labute approximate surface area is 191 Å². The summed E-state index contributed by atoms with van der Waals surface area (Å²) in [7, 11) is 0. The zero-order valence-corrected chi connectivity index (χ0v) is 17.8. The van der Waals surface area contributed by atoms with Crippen LogP contribution >= 0.6 is 0 Å². The fraction of sp³-hybridized carbons (Fsp3) is 0. The molecule has 0 N–H and O–H groups in total. The highest BCUT2D eigenvalue weighted by Crippen LogP contribution is 2.36. The smallest absolute Gasteiger partial charge is 0.249 e. The summed E-state index contributed by atoms with van der Waals surface area (Å²) >= 11 is 0. The second kappa shape index (κ2) is 8.21. The van der Waals surface area contributed by atoms with Gasteiger partial charge in [0.25, 0.3) is 0 Å². The van der Waals surface area contributed by atoms with E-state index in [0.717, 1.165) is 38.2 Å². The van der Waals surface area contributed by atoms with Crippen molar-refractivity contribution in [2.24, 2.45) is 0 Å². The van der Waals surface area contributed by atoms with E-state index in [-0.39, 0.29) is 0 Å². The molecule has 0 bridgehead atoms. The zero-order chi connectivity index (χ0) is 22.0. The van der Waals surface area contributed by atoms with Crippen LogP contribution in [0.3, 0.4) is 0 Å². The maximum absolute atomic E-state index is 6.20. The third-order valence-corrected chi connectivity index (χ3v) is 5.84. The van der Waals surface area contributed by atoms with Crippen LogP contribution in [0.15, 0.2) is 114 Å². The van der Waals surface area contributed by atoms with Crippen molar-refractivity contribution in [1.29, 1.82) is 0 Å². The number of hydrogen-bond donors (Lipinski definition) is 0. The lowest BCUT2D eigenvalue weighted by atomic mass is 9.97. The van der Waals surface area contributed by atoms with Crippen LogP contribution in [0.2, 0.25) is 0 Å². The molecular weight excluding hydrogens is 404 g/mol. The van der Waals surface area contributed by atoms with Gasteiger partial charge in [0, 0.05) is 5.56 Å². The molecule has 0 amide bonds. The van der Waals surface area contributed by atoms with Crippen LogP contribution in [0.1, 0.15) is 11.1 Å². The molecule has 6 rings (SSSR count). The first-order valence-electron chi connectivity index (χ1n) is 10.9. The van der Waals surface area contributed by atoms with Crippen molar-refractivity contribution in [1.82, 2.24) is 10.2 Å². The van der Waals surface area contributed by atoms with E-state index >= 15 is 0 Å². The zero-order valence-electron chi connectivity index (χ0n) is 17.8. The largest absolute Gasteiger partial charge is 0.416 e. The standard InChI is InChI=1S/C30H20N2O/c1-2-8-21(9-3-1)14-15-22-16-18-23(19-17-22)29-31-32-30(33-29)28-26-12-6-4-10-24(26)20-25-11-5-7-13-27(25)28/h1-20H/b15-14+. The van der Waals surface area contributed by atoms with Crippen molar-refractivity contribution in [3.8, 4) is 22.9 Å². The normalized spacial score (nSPS) is 11.5. The molecule has 0 aliphatic heterocycles. The molecular formula is C30H20N2O. The minimum absolute atomic E-state index is 0.514. The second-order valence-electron chi connectivity index (χ2n) is 7.97. The van der Waals surface area contributed by atoms with E-state index in [1.165, 1.54) is 5.56 Å². The van der Waals surface area contributed by atoms with E-state index in [4.69, 9.17) is 4.42 Å². The average molecular weight is 425 g/mol. The van der Waals surface area contributed by atoms with Crippen LogP contribution in [-0.2, 0) is 0 Å². The van der Waals surface area contributed by atoms with Crippen molar-refractivity contribution >= 4 is 33.7 Å². The molecule has 0 fully saturated rings. The van der Waals surface area contributed by atoms with Crippen LogP contribution in [-0.4, -0.2) is 10.2 Å². The molecule has 0 saturated carbocycles. The predicted octanol–water partition coefficient (Wildman–Crippen LogP) is 7.88. The Kier molecular flexibility index (Phi) is 4.78. The monoisotopic (exact) mass is 424 g/mol. The van der Waals surface area contributed by atoms with E-state index in [1.54, 1.807) is 0 Å². The van der Waals surface area contributed by atoms with Crippen LogP contribution in [0.5, 0.6) is 0 Å². The highest BCUT2D eigenvalue weighted by molar-refractivity contribution is 6.11. The Bertz CT molecular complexity index is 1540. The van der Waals surface area contributed by atoms with E-state index < -0.39 is 0 Å². The molecule has 156 valence electrons. The Morgan fingerprint density at radius 1 is 0.515 bits per heavy atom. The first-order valence-corrected chi connectivity index (χ1v) is 10.9. The number of nitrogens with zero attached hydrogens (tertiary/aromatic N) is 2. The molecule has 5 aromatic carbocycles. The minimum Gasteiger partial charge on any atom is -0.416 e. The Balaban J connectivity index is 1.37. The molecule has 6 aromatic rings. The van der Waals surface area contributed by atoms with Crippen LogP contribution in [0.25, 0.3) is 56.6 Å². The summed E-state index contributed by atoms with van der Waals surface area (Å²) in [5, 5.41) is 13.3. The molecule has 0 radical (unpaired) electrons. The van der Waals surface area contributed by atoms with Gasteiger partial charge >= 0.3 is 0 Å². The molecule has 1 heterocycles. The van der Waals surface area contributed by atoms with Crippen molar-refractivity contribution in [3.05, 3.63) is 120 Å². The first-order chi connectivity index (χ1) is 16.3. The van der Waals surface area contributed by atoms with Gasteiger partial charge < -0.3 is 4.42 Å². The topological polar surface area (TPSA) is 38.9 Å². The SMILES string of the molecule is C(=C\c1ccc(-c2nnc(-c3c4ccccc4cc4ccccc34)o2)cc1)/c1ccccc1. The first kappa shape index (κ1) is 19.2. The van der Waals surface area contributed by atoms with E-state index in [9.17, 15) is 0 Å². The Morgan fingerprint density at radius 3 is 1.73 bits per heavy atom. The third-order valence-electron chi connectivity index (χ3n) is 5.84. The van der Waals surface area contributed by atoms with Crippen LogP contribution < -0.4 is 0 Å². The highest BCUT2D eigenvalue weighted by Gasteiger charge is 2.16. The molecule has 0 aliphatic carbocycles. The Morgan fingerprint density at radius 2 is 1.06 bits per heavy atom. The van der Waals surface area contributed by atoms with Gasteiger partial charge in [-0.25, -0.2) is 0 Å². The summed E-state index contributed by atoms with van der Waals surface area (Å²) in [4.78, 5) is 0. The van der Waals surface area contributed by atoms with Gasteiger partial charge in [-0.3, -0.25) is 0 Å². The fourth-order valence-electron chi connectivity index (χ4n) is 4.18. The lowest BCUT2D eigenvalue weighted by Gasteiger charge is -2.08. The Hall–Kier alpha value is -4.50. The number of benzene rings is 5. The van der Waals surface area contributed by atoms with Crippen LogP contribution in [0.4, 0.5) is 0 Å². The van der Waals surface area contributed by atoms with Crippen molar-refractivity contribution < 1.29 is 4.42 Å². The van der Waals surface area contributed by atoms with Gasteiger partial charge in [-0.1, -0.05) is 103 Å². The second-order valence-corrected chi connectivity index (χ2v) is 7.97. The van der Waals surface area contributed by atoms with Gasteiger partial charge in [-0.15, -0.1) is 10.2 Å². The minimum atomic E-state index is 0.514. The van der Waals surface area contributed by atoms with Crippen molar-refractivity contribution in [3.63, 3.8) is 0 Å². The molecule has 0 spiro atoms. The quantitative estimate of drug-likeness (QED) is 0.213. The summed E-state index contributed by atoms with van der Waals surface area (Å²) in [6.45, 7) is 0. The lowest BCUT2D eigenvalue weighted by molar-refractivity contribution is 0.586. The average Bonchev–Trinajstić information content (AvgIpc) is 3.37. The molecule has 0 aliphatic rings. The van der Waals surface area contributed by atoms with E-state index in [0.29, 0.717) is 11.8 Å². The molecule has 3 nitrogen and oxygen atoms in total. The van der Waals surface area contributed by atoms with Crippen molar-refractivity contribution in [2.75, 3.05) is 0 Å². The maximum Gasteiger partial charge on any atom is 0.249 e. The molecule has 33 heavy (non-hydrogen) atoms. The summed E-state index contributed by atoms with van der Waals surface area (Å²) in [5.41, 5.74) is 4.16. The summed E-state index contributed by atoms with van der Waals surface area (Å²) in [6.07, 6.45) is 4.20. The highest BCUT2D eigenvalue weighted by atomic mass is 16.4. The summed E-state index contributed by atoms with van der Waals surface area (Å²) in [5.74, 6) is 1.05. The molecule has 0 saturated heterocycles. The maximum atomic E-state index is 6.20. The van der Waals surface area contributed by atoms with Gasteiger partial charge in [0.05, 0.1) is 5.56 Å². The predicted molar refractivity (Wildman–Crippen MR) is 136 cm³/mol. The lowest BCUT2D eigenvalue weighted by Crippen LogP contribution is -1.85. The third kappa shape index (κ3) is 3.70. The van der Waals surface area contributed by atoms with Gasteiger partial charge in [0.15, 0.2) is 0 Å². The molecule has 0 atom stereocenters. The number of rotatable bonds is 4. The van der Waals surface area contributed by atoms with Gasteiger partial charge in [-0.2, -0.15) is 0 Å². The summed E-state index contributed by atoms with van der Waals surface area (Å²) in [6, 6.07) is 37.2. The molecule has 3 heteroatoms. The summed E-state index contributed by atoms with van der Waals surface area (Å²) < 4.78 is 6.20. The molecule has 0 unspecified atom stereocenters. The van der Waals surface area contributed by atoms with Gasteiger partial charge in [-0.05, 0) is 50.9 Å². The van der Waals surface area contributed by atoms with Gasteiger partial charge in [0.1, 0.15) is 0 Å². The van der Waals surface area contributed by atoms with Gasteiger partial charge in [0.2, 0.25) is 11.8 Å². The van der Waals surface area contributed by atoms with E-state index in [2.05, 4.69) is 76.9 Å². The fourth-order valence-corrected chi connectivity index (χ4v) is 4.18. The number of hydrogen-bond acceptors (Lipinski definition) is 3. The molecule has 1 aromatic heterocycles. The van der Waals surface area contributed by atoms with E-state index in [1.807, 2.05) is 54.6 Å².